The van der Waals surface area contributed by atoms with Crippen LogP contribution in [-0.2, 0) is 9.53 Å². The standard InChI is InChI=1S/C10H17NO2S/c1-8-6-11-7-10(14-8)4-3-5-13-9(2)12/h3-4,8,10-11H,5-7H2,1-2H3. The molecule has 0 saturated carbocycles. The Labute approximate surface area is 89.3 Å². The van der Waals surface area contributed by atoms with E-state index in [9.17, 15) is 4.79 Å². The van der Waals surface area contributed by atoms with Gasteiger partial charge in [-0.1, -0.05) is 19.1 Å². The van der Waals surface area contributed by atoms with Crippen molar-refractivity contribution in [2.45, 2.75) is 24.3 Å². The number of nitrogens with one attached hydrogen (secondary N) is 1. The summed E-state index contributed by atoms with van der Waals surface area (Å²) < 4.78 is 4.80. The summed E-state index contributed by atoms with van der Waals surface area (Å²) in [4.78, 5) is 10.5. The second kappa shape index (κ2) is 6.09. The maximum absolute atomic E-state index is 10.5. The van der Waals surface area contributed by atoms with Crippen LogP contribution in [0.1, 0.15) is 13.8 Å². The van der Waals surface area contributed by atoms with Crippen molar-refractivity contribution < 1.29 is 9.53 Å². The minimum absolute atomic E-state index is 0.225. The Bertz CT molecular complexity index is 218. The second-order valence-electron chi connectivity index (χ2n) is 3.37. The molecule has 0 aromatic carbocycles. The van der Waals surface area contributed by atoms with Crippen molar-refractivity contribution in [3.05, 3.63) is 12.2 Å². The maximum atomic E-state index is 10.5. The molecule has 3 nitrogen and oxygen atoms in total. The van der Waals surface area contributed by atoms with Crippen LogP contribution in [0.15, 0.2) is 12.2 Å². The third-order valence-corrected chi connectivity index (χ3v) is 3.22. The minimum Gasteiger partial charge on any atom is -0.462 e. The number of carbonyl (C=O) groups is 1. The molecule has 0 spiro atoms. The van der Waals surface area contributed by atoms with Gasteiger partial charge in [-0.25, -0.2) is 0 Å². The Balaban J connectivity index is 2.18. The first kappa shape index (κ1) is 11.6. The van der Waals surface area contributed by atoms with Gasteiger partial charge in [-0.05, 0) is 0 Å². The quantitative estimate of drug-likeness (QED) is 0.567. The van der Waals surface area contributed by atoms with E-state index in [1.54, 1.807) is 0 Å². The maximum Gasteiger partial charge on any atom is 0.302 e. The number of thioether (sulfide) groups is 1. The number of hydrogen-bond acceptors (Lipinski definition) is 4. The first-order valence-corrected chi connectivity index (χ1v) is 5.79. The monoisotopic (exact) mass is 215 g/mol. The van der Waals surface area contributed by atoms with Gasteiger partial charge in [0, 0.05) is 30.5 Å². The van der Waals surface area contributed by atoms with E-state index in [4.69, 9.17) is 4.74 Å². The van der Waals surface area contributed by atoms with Gasteiger partial charge in [-0.2, -0.15) is 0 Å². The van der Waals surface area contributed by atoms with Crippen LogP contribution in [0.3, 0.4) is 0 Å². The van der Waals surface area contributed by atoms with E-state index >= 15 is 0 Å². The van der Waals surface area contributed by atoms with E-state index in [2.05, 4.69) is 18.3 Å². The summed E-state index contributed by atoms with van der Waals surface area (Å²) in [5.41, 5.74) is 0. The van der Waals surface area contributed by atoms with E-state index in [1.807, 2.05) is 17.8 Å². The molecule has 2 unspecified atom stereocenters. The van der Waals surface area contributed by atoms with Crippen LogP contribution in [0.25, 0.3) is 0 Å². The van der Waals surface area contributed by atoms with E-state index in [0.29, 0.717) is 17.1 Å². The molecular weight excluding hydrogens is 198 g/mol. The summed E-state index contributed by atoms with van der Waals surface area (Å²) in [5.74, 6) is -0.225. The van der Waals surface area contributed by atoms with Crippen molar-refractivity contribution in [3.63, 3.8) is 0 Å². The molecule has 2 atom stereocenters. The van der Waals surface area contributed by atoms with Gasteiger partial charge in [0.15, 0.2) is 0 Å². The fourth-order valence-electron chi connectivity index (χ4n) is 1.31. The van der Waals surface area contributed by atoms with Crippen molar-refractivity contribution >= 4 is 17.7 Å². The van der Waals surface area contributed by atoms with Crippen LogP contribution in [0.4, 0.5) is 0 Å². The zero-order valence-electron chi connectivity index (χ0n) is 8.66. The Morgan fingerprint density at radius 2 is 2.43 bits per heavy atom. The predicted octanol–water partition coefficient (Wildman–Crippen LogP) is 1.20. The highest BCUT2D eigenvalue weighted by molar-refractivity contribution is 8.00. The topological polar surface area (TPSA) is 38.3 Å². The fraction of sp³-hybridized carbons (Fsp3) is 0.700. The minimum atomic E-state index is -0.225. The van der Waals surface area contributed by atoms with Gasteiger partial charge < -0.3 is 10.1 Å². The summed E-state index contributed by atoms with van der Waals surface area (Å²) in [7, 11) is 0. The molecule has 1 fully saturated rings. The summed E-state index contributed by atoms with van der Waals surface area (Å²) in [6.07, 6.45) is 4.02. The van der Waals surface area contributed by atoms with Gasteiger partial charge in [0.25, 0.3) is 0 Å². The van der Waals surface area contributed by atoms with Crippen molar-refractivity contribution in [3.8, 4) is 0 Å². The first-order chi connectivity index (χ1) is 6.68. The van der Waals surface area contributed by atoms with Crippen molar-refractivity contribution in [1.29, 1.82) is 0 Å². The summed E-state index contributed by atoms with van der Waals surface area (Å²) in [5, 5.41) is 4.52. The third kappa shape index (κ3) is 4.67. The molecule has 0 aliphatic carbocycles. The SMILES string of the molecule is CC(=O)OCC=CC1CNCC(C)S1. The predicted molar refractivity (Wildman–Crippen MR) is 59.5 cm³/mol. The average molecular weight is 215 g/mol. The van der Waals surface area contributed by atoms with Crippen LogP contribution < -0.4 is 5.32 Å². The number of hydrogen-bond donors (Lipinski definition) is 1. The van der Waals surface area contributed by atoms with Gasteiger partial charge in [-0.15, -0.1) is 11.8 Å². The lowest BCUT2D eigenvalue weighted by atomic mass is 10.3. The van der Waals surface area contributed by atoms with Gasteiger partial charge >= 0.3 is 5.97 Å². The smallest absolute Gasteiger partial charge is 0.302 e. The molecule has 80 valence electrons. The zero-order chi connectivity index (χ0) is 10.4. The average Bonchev–Trinajstić information content (AvgIpc) is 2.12. The molecule has 0 radical (unpaired) electrons. The van der Waals surface area contributed by atoms with Gasteiger partial charge in [0.1, 0.15) is 6.61 Å². The molecule has 4 heteroatoms. The Kier molecular flexibility index (Phi) is 5.04. The molecule has 0 amide bonds. The first-order valence-electron chi connectivity index (χ1n) is 4.84. The second-order valence-corrected chi connectivity index (χ2v) is 5.06. The molecule has 1 rings (SSSR count). The lowest BCUT2D eigenvalue weighted by Crippen LogP contribution is -2.36. The Morgan fingerprint density at radius 3 is 3.07 bits per heavy atom. The Hall–Kier alpha value is -0.480. The van der Waals surface area contributed by atoms with Crippen LogP contribution in [0, 0.1) is 0 Å². The van der Waals surface area contributed by atoms with Crippen LogP contribution in [0.2, 0.25) is 0 Å². The number of carbonyl (C=O) groups excluding carboxylic acids is 1. The van der Waals surface area contributed by atoms with Crippen molar-refractivity contribution in [1.82, 2.24) is 5.32 Å². The molecule has 0 aromatic heterocycles. The third-order valence-electron chi connectivity index (χ3n) is 1.92. The highest BCUT2D eigenvalue weighted by atomic mass is 32.2. The van der Waals surface area contributed by atoms with Gasteiger partial charge in [-0.3, -0.25) is 4.79 Å². The molecule has 1 heterocycles. The lowest BCUT2D eigenvalue weighted by Gasteiger charge is -2.25. The van der Waals surface area contributed by atoms with Gasteiger partial charge in [0.05, 0.1) is 0 Å². The van der Waals surface area contributed by atoms with Crippen LogP contribution in [0.5, 0.6) is 0 Å². The molecule has 1 aliphatic rings. The number of esters is 1. The largest absolute Gasteiger partial charge is 0.462 e. The highest BCUT2D eigenvalue weighted by Crippen LogP contribution is 2.21. The van der Waals surface area contributed by atoms with Gasteiger partial charge in [0.2, 0.25) is 0 Å². The zero-order valence-corrected chi connectivity index (χ0v) is 9.47. The Morgan fingerprint density at radius 1 is 1.64 bits per heavy atom. The number of rotatable bonds is 3. The summed E-state index contributed by atoms with van der Waals surface area (Å²) in [6, 6.07) is 0. The van der Waals surface area contributed by atoms with E-state index < -0.39 is 0 Å². The lowest BCUT2D eigenvalue weighted by molar-refractivity contribution is -0.139. The van der Waals surface area contributed by atoms with Crippen molar-refractivity contribution in [2.75, 3.05) is 19.7 Å². The summed E-state index contributed by atoms with van der Waals surface area (Å²) in [6.45, 7) is 6.11. The highest BCUT2D eigenvalue weighted by Gasteiger charge is 2.15. The van der Waals surface area contributed by atoms with Crippen LogP contribution >= 0.6 is 11.8 Å². The fourth-order valence-corrected chi connectivity index (χ4v) is 2.54. The summed E-state index contributed by atoms with van der Waals surface area (Å²) >= 11 is 1.96. The van der Waals surface area contributed by atoms with Crippen LogP contribution in [-0.4, -0.2) is 36.2 Å². The molecule has 1 N–H and O–H groups in total. The normalized spacial score (nSPS) is 27.9. The molecule has 1 aliphatic heterocycles. The van der Waals surface area contributed by atoms with E-state index in [0.717, 1.165) is 13.1 Å². The molecule has 14 heavy (non-hydrogen) atoms. The van der Waals surface area contributed by atoms with Crippen molar-refractivity contribution in [2.24, 2.45) is 0 Å². The molecule has 0 bridgehead atoms. The molecular formula is C10H17NO2S. The molecule has 0 aromatic rings. The van der Waals surface area contributed by atoms with E-state index in [-0.39, 0.29) is 5.97 Å². The van der Waals surface area contributed by atoms with E-state index in [1.165, 1.54) is 6.92 Å². The number of ether oxygens (including phenoxy) is 1. The molecule has 1 saturated heterocycles.